The molecular formula is C16H15N3OS. The molecule has 1 aromatic carbocycles. The molecule has 4 nitrogen and oxygen atoms in total. The van der Waals surface area contributed by atoms with E-state index in [9.17, 15) is 4.79 Å². The first-order chi connectivity index (χ1) is 10.0. The average molecular weight is 297 g/mol. The molecule has 0 aliphatic heterocycles. The molecule has 0 aliphatic rings. The summed E-state index contributed by atoms with van der Waals surface area (Å²) >= 11 is 1.32. The number of aryl methyl sites for hydroxylation is 2. The van der Waals surface area contributed by atoms with Crippen LogP contribution in [0.15, 0.2) is 36.4 Å². The third-order valence-electron chi connectivity index (χ3n) is 3.25. The molecule has 3 N–H and O–H groups in total. The first-order valence-electron chi connectivity index (χ1n) is 6.58. The Kier molecular flexibility index (Phi) is 3.35. The number of nitrogens with zero attached hydrogens (tertiary/aromatic N) is 1. The summed E-state index contributed by atoms with van der Waals surface area (Å²) in [6.07, 6.45) is 0. The second-order valence-electron chi connectivity index (χ2n) is 4.97. The van der Waals surface area contributed by atoms with E-state index in [0.717, 1.165) is 27.2 Å². The molecule has 1 amide bonds. The lowest BCUT2D eigenvalue weighted by atomic mass is 10.2. The van der Waals surface area contributed by atoms with Gasteiger partial charge in [0.2, 0.25) is 0 Å². The number of rotatable bonds is 2. The van der Waals surface area contributed by atoms with Crippen LogP contribution in [0.5, 0.6) is 0 Å². The second kappa shape index (κ2) is 5.18. The summed E-state index contributed by atoms with van der Waals surface area (Å²) in [7, 11) is 0. The number of carbonyl (C=O) groups excluding carboxylic acids is 1. The molecule has 3 aromatic rings. The van der Waals surface area contributed by atoms with Gasteiger partial charge in [0, 0.05) is 16.8 Å². The zero-order valence-electron chi connectivity index (χ0n) is 11.8. The Morgan fingerprint density at radius 2 is 1.86 bits per heavy atom. The second-order valence-corrected chi connectivity index (χ2v) is 5.97. The van der Waals surface area contributed by atoms with Crippen molar-refractivity contribution in [1.29, 1.82) is 0 Å². The van der Waals surface area contributed by atoms with Crippen LogP contribution in [0.2, 0.25) is 0 Å². The number of carbonyl (C=O) groups is 1. The van der Waals surface area contributed by atoms with Gasteiger partial charge in [0.15, 0.2) is 0 Å². The summed E-state index contributed by atoms with van der Waals surface area (Å²) in [4.78, 5) is 18.1. The van der Waals surface area contributed by atoms with Gasteiger partial charge in [-0.2, -0.15) is 0 Å². The fraction of sp³-hybridized carbons (Fsp3) is 0.125. The Morgan fingerprint density at radius 1 is 1.14 bits per heavy atom. The van der Waals surface area contributed by atoms with Gasteiger partial charge >= 0.3 is 0 Å². The van der Waals surface area contributed by atoms with Crippen LogP contribution in [-0.4, -0.2) is 10.9 Å². The molecule has 3 rings (SSSR count). The number of thiophene rings is 1. The number of nitrogens with two attached hydrogens (primary N) is 1. The van der Waals surface area contributed by atoms with Gasteiger partial charge in [-0.1, -0.05) is 17.7 Å². The van der Waals surface area contributed by atoms with E-state index >= 15 is 0 Å². The zero-order chi connectivity index (χ0) is 15.0. The van der Waals surface area contributed by atoms with E-state index in [1.807, 2.05) is 50.2 Å². The van der Waals surface area contributed by atoms with Crippen molar-refractivity contribution in [2.45, 2.75) is 13.8 Å². The van der Waals surface area contributed by atoms with Crippen molar-refractivity contribution in [3.05, 3.63) is 52.5 Å². The summed E-state index contributed by atoms with van der Waals surface area (Å²) in [5.41, 5.74) is 9.38. The van der Waals surface area contributed by atoms with E-state index in [1.165, 1.54) is 11.3 Å². The van der Waals surface area contributed by atoms with Crippen LogP contribution in [0.1, 0.15) is 20.9 Å². The Hall–Kier alpha value is -2.40. The number of fused-ring (bicyclic) bond motifs is 1. The number of pyridine rings is 1. The Labute approximate surface area is 126 Å². The average Bonchev–Trinajstić information content (AvgIpc) is 2.78. The van der Waals surface area contributed by atoms with Crippen molar-refractivity contribution in [2.75, 3.05) is 11.1 Å². The molecule has 0 spiro atoms. The molecule has 0 fully saturated rings. The van der Waals surface area contributed by atoms with E-state index in [0.29, 0.717) is 10.6 Å². The highest BCUT2D eigenvalue weighted by atomic mass is 32.1. The van der Waals surface area contributed by atoms with E-state index in [-0.39, 0.29) is 5.91 Å². The van der Waals surface area contributed by atoms with Crippen molar-refractivity contribution in [1.82, 2.24) is 4.98 Å². The van der Waals surface area contributed by atoms with Crippen LogP contribution in [0.4, 0.5) is 11.4 Å². The van der Waals surface area contributed by atoms with Crippen LogP contribution in [0, 0.1) is 13.8 Å². The largest absolute Gasteiger partial charge is 0.397 e. The maximum atomic E-state index is 12.4. The number of aromatic nitrogens is 1. The Balaban J connectivity index is 1.94. The number of nitrogens with one attached hydrogen (secondary N) is 1. The smallest absolute Gasteiger partial charge is 0.267 e. The van der Waals surface area contributed by atoms with Gasteiger partial charge < -0.3 is 11.1 Å². The lowest BCUT2D eigenvalue weighted by molar-refractivity contribution is 0.103. The van der Waals surface area contributed by atoms with Gasteiger partial charge in [0.1, 0.15) is 9.71 Å². The molecule has 0 atom stereocenters. The molecule has 0 saturated heterocycles. The predicted octanol–water partition coefficient (Wildman–Crippen LogP) is 3.75. The van der Waals surface area contributed by atoms with Gasteiger partial charge in [0.25, 0.3) is 5.91 Å². The highest BCUT2D eigenvalue weighted by molar-refractivity contribution is 7.21. The summed E-state index contributed by atoms with van der Waals surface area (Å²) in [5.74, 6) is -0.197. The lowest BCUT2D eigenvalue weighted by Crippen LogP contribution is -2.11. The summed E-state index contributed by atoms with van der Waals surface area (Å²) in [5, 5.41) is 3.70. The van der Waals surface area contributed by atoms with Crippen LogP contribution in [-0.2, 0) is 0 Å². The predicted molar refractivity (Wildman–Crippen MR) is 87.9 cm³/mol. The van der Waals surface area contributed by atoms with Gasteiger partial charge in [-0.3, -0.25) is 4.79 Å². The first kappa shape index (κ1) is 13.6. The standard InChI is InChI=1S/C16H15N3OS/c1-9-3-6-11(7-4-9)19-15(20)14-13(17)12-8-5-10(2)18-16(12)21-14/h3-8H,17H2,1-2H3,(H,19,20). The van der Waals surface area contributed by atoms with E-state index in [2.05, 4.69) is 10.3 Å². The molecule has 2 heterocycles. The maximum absolute atomic E-state index is 12.4. The molecule has 5 heteroatoms. The number of hydrogen-bond donors (Lipinski definition) is 2. The molecule has 0 saturated carbocycles. The molecule has 21 heavy (non-hydrogen) atoms. The summed E-state index contributed by atoms with van der Waals surface area (Å²) in [6, 6.07) is 11.5. The third kappa shape index (κ3) is 2.60. The molecule has 0 unspecified atom stereocenters. The molecule has 0 bridgehead atoms. The van der Waals surface area contributed by atoms with Crippen molar-refractivity contribution < 1.29 is 4.79 Å². The minimum absolute atomic E-state index is 0.197. The molecule has 0 radical (unpaired) electrons. The zero-order valence-corrected chi connectivity index (χ0v) is 12.6. The SMILES string of the molecule is Cc1ccc(NC(=O)c2sc3nc(C)ccc3c2N)cc1. The lowest BCUT2D eigenvalue weighted by Gasteiger charge is -2.04. The Morgan fingerprint density at radius 3 is 2.57 bits per heavy atom. The van der Waals surface area contributed by atoms with Gasteiger partial charge in [-0.05, 0) is 38.1 Å². The molecule has 106 valence electrons. The number of amides is 1. The van der Waals surface area contributed by atoms with E-state index in [4.69, 9.17) is 5.73 Å². The van der Waals surface area contributed by atoms with Crippen LogP contribution < -0.4 is 11.1 Å². The first-order valence-corrected chi connectivity index (χ1v) is 7.40. The minimum Gasteiger partial charge on any atom is -0.397 e. The quantitative estimate of drug-likeness (QED) is 0.757. The van der Waals surface area contributed by atoms with Crippen LogP contribution in [0.25, 0.3) is 10.2 Å². The van der Waals surface area contributed by atoms with Gasteiger partial charge in [0.05, 0.1) is 5.69 Å². The summed E-state index contributed by atoms with van der Waals surface area (Å²) in [6.45, 7) is 3.92. The van der Waals surface area contributed by atoms with Crippen molar-refractivity contribution in [3.63, 3.8) is 0 Å². The van der Waals surface area contributed by atoms with Crippen molar-refractivity contribution >= 4 is 38.8 Å². The fourth-order valence-corrected chi connectivity index (χ4v) is 3.12. The molecule has 2 aromatic heterocycles. The monoisotopic (exact) mass is 297 g/mol. The highest BCUT2D eigenvalue weighted by Crippen LogP contribution is 2.33. The molecule has 0 aliphatic carbocycles. The van der Waals surface area contributed by atoms with Crippen LogP contribution >= 0.6 is 11.3 Å². The fourth-order valence-electron chi connectivity index (χ4n) is 2.08. The number of hydrogen-bond acceptors (Lipinski definition) is 4. The van der Waals surface area contributed by atoms with Crippen molar-refractivity contribution in [2.24, 2.45) is 0 Å². The third-order valence-corrected chi connectivity index (χ3v) is 4.36. The normalized spacial score (nSPS) is 10.8. The number of anilines is 2. The van der Waals surface area contributed by atoms with E-state index in [1.54, 1.807) is 0 Å². The number of nitrogen functional groups attached to an aromatic ring is 1. The van der Waals surface area contributed by atoms with E-state index < -0.39 is 0 Å². The van der Waals surface area contributed by atoms with Gasteiger partial charge in [-0.15, -0.1) is 11.3 Å². The molecular weight excluding hydrogens is 282 g/mol. The van der Waals surface area contributed by atoms with Crippen LogP contribution in [0.3, 0.4) is 0 Å². The topological polar surface area (TPSA) is 68.0 Å². The number of benzene rings is 1. The Bertz CT molecular complexity index is 821. The minimum atomic E-state index is -0.197. The maximum Gasteiger partial charge on any atom is 0.267 e. The highest BCUT2D eigenvalue weighted by Gasteiger charge is 2.17. The summed E-state index contributed by atoms with van der Waals surface area (Å²) < 4.78 is 0. The van der Waals surface area contributed by atoms with Crippen molar-refractivity contribution in [3.8, 4) is 0 Å². The van der Waals surface area contributed by atoms with Gasteiger partial charge in [-0.25, -0.2) is 4.98 Å².